The van der Waals surface area contributed by atoms with Crippen molar-refractivity contribution in [1.82, 2.24) is 20.8 Å². The van der Waals surface area contributed by atoms with Crippen molar-refractivity contribution in [1.29, 1.82) is 0 Å². The highest BCUT2D eigenvalue weighted by atomic mass is 35.5. The fourth-order valence-electron chi connectivity index (χ4n) is 2.86. The second-order valence-corrected chi connectivity index (χ2v) is 6.54. The van der Waals surface area contributed by atoms with E-state index >= 15 is 0 Å². The van der Waals surface area contributed by atoms with Crippen LogP contribution in [0.3, 0.4) is 0 Å². The molecule has 1 aromatic carbocycles. The Kier molecular flexibility index (Phi) is 7.47. The van der Waals surface area contributed by atoms with Gasteiger partial charge in [0.25, 0.3) is 5.91 Å². The first kappa shape index (κ1) is 21.8. The third-order valence-electron chi connectivity index (χ3n) is 4.25. The first-order chi connectivity index (χ1) is 13.0. The molecule has 1 atom stereocenters. The van der Waals surface area contributed by atoms with Gasteiger partial charge < -0.3 is 10.6 Å². The monoisotopic (exact) mass is 423 g/mol. The molecular weight excluding hydrogens is 405 g/mol. The highest BCUT2D eigenvalue weighted by Crippen LogP contribution is 2.26. The minimum atomic E-state index is -0.823. The van der Waals surface area contributed by atoms with E-state index in [9.17, 15) is 9.59 Å². The number of carbonyl (C=O) groups excluding carboxylic acids is 2. The van der Waals surface area contributed by atoms with Crippen molar-refractivity contribution in [2.75, 3.05) is 18.4 Å². The van der Waals surface area contributed by atoms with Gasteiger partial charge in [-0.05, 0) is 43.3 Å². The number of nitrogens with one attached hydrogen (secondary N) is 3. The molecule has 0 bridgehead atoms. The molecule has 0 unspecified atom stereocenters. The Labute approximate surface area is 172 Å². The van der Waals surface area contributed by atoms with Crippen LogP contribution in [0.1, 0.15) is 22.5 Å². The first-order valence-electron chi connectivity index (χ1n) is 8.26. The highest BCUT2D eigenvalue weighted by molar-refractivity contribution is 6.30. The van der Waals surface area contributed by atoms with Crippen molar-refractivity contribution in [3.63, 3.8) is 0 Å². The maximum Gasteiger partial charge on any atom is 0.267 e. The molecule has 8 nitrogen and oxygen atoms in total. The fraction of sp³-hybridized carbons (Fsp3) is 0.222. The summed E-state index contributed by atoms with van der Waals surface area (Å²) in [6.45, 7) is 1.17. The van der Waals surface area contributed by atoms with E-state index in [1.54, 1.807) is 24.3 Å². The standard InChI is InChI=1S/C18H18ClN5O3.ClH/c19-13-3-1-12(2-4-13)17(26)18(7-8-20-11-18)23-15-10-21-14(9-22-15)5-6-16(25)24-27;/h1-6,9-10,20,27H,7-8,11H2,(H,22,23)(H,24,25);1H/b6-5+;/t18-;/m1./s1. The number of halogens is 2. The lowest BCUT2D eigenvalue weighted by Gasteiger charge is -2.28. The molecule has 28 heavy (non-hydrogen) atoms. The predicted molar refractivity (Wildman–Crippen MR) is 108 cm³/mol. The number of rotatable bonds is 6. The lowest BCUT2D eigenvalue weighted by Crippen LogP contribution is -2.48. The second-order valence-electron chi connectivity index (χ2n) is 6.11. The number of anilines is 1. The average molecular weight is 424 g/mol. The second kappa shape index (κ2) is 9.61. The van der Waals surface area contributed by atoms with Crippen LogP contribution in [0, 0.1) is 0 Å². The van der Waals surface area contributed by atoms with Crippen LogP contribution in [-0.4, -0.2) is 45.5 Å². The molecule has 0 saturated carbocycles. The topological polar surface area (TPSA) is 116 Å². The molecule has 0 aliphatic carbocycles. The van der Waals surface area contributed by atoms with Crippen LogP contribution in [0.2, 0.25) is 5.02 Å². The third-order valence-corrected chi connectivity index (χ3v) is 4.50. The number of ketones is 1. The van der Waals surface area contributed by atoms with Gasteiger partial charge in [0.15, 0.2) is 5.78 Å². The fourth-order valence-corrected chi connectivity index (χ4v) is 2.98. The zero-order chi connectivity index (χ0) is 19.3. The summed E-state index contributed by atoms with van der Waals surface area (Å²) < 4.78 is 0. The van der Waals surface area contributed by atoms with E-state index in [4.69, 9.17) is 16.8 Å². The Morgan fingerprint density at radius 2 is 1.96 bits per heavy atom. The highest BCUT2D eigenvalue weighted by Gasteiger charge is 2.41. The average Bonchev–Trinajstić information content (AvgIpc) is 3.17. The number of benzene rings is 1. The number of carbonyl (C=O) groups is 2. The Morgan fingerprint density at radius 1 is 1.21 bits per heavy atom. The van der Waals surface area contributed by atoms with E-state index in [0.717, 1.165) is 6.08 Å². The molecule has 10 heteroatoms. The summed E-state index contributed by atoms with van der Waals surface area (Å²) >= 11 is 5.91. The Hall–Kier alpha value is -2.52. The van der Waals surface area contributed by atoms with E-state index in [-0.39, 0.29) is 18.2 Å². The number of hydrogen-bond acceptors (Lipinski definition) is 7. The van der Waals surface area contributed by atoms with Gasteiger partial charge in [-0.25, -0.2) is 10.5 Å². The summed E-state index contributed by atoms with van der Waals surface area (Å²) in [5.74, 6) is -0.261. The number of hydroxylamine groups is 1. The van der Waals surface area contributed by atoms with Crippen molar-refractivity contribution in [2.45, 2.75) is 12.0 Å². The van der Waals surface area contributed by atoms with E-state index < -0.39 is 11.4 Å². The summed E-state index contributed by atoms with van der Waals surface area (Å²) in [6, 6.07) is 6.79. The lowest BCUT2D eigenvalue weighted by atomic mass is 9.88. The van der Waals surface area contributed by atoms with E-state index in [0.29, 0.717) is 41.6 Å². The predicted octanol–water partition coefficient (Wildman–Crippen LogP) is 2.10. The summed E-state index contributed by atoms with van der Waals surface area (Å²) in [5.41, 5.74) is 1.67. The van der Waals surface area contributed by atoms with Gasteiger partial charge in [-0.3, -0.25) is 19.8 Å². The Bertz CT molecular complexity index is 851. The normalized spacial score (nSPS) is 18.5. The molecule has 1 saturated heterocycles. The van der Waals surface area contributed by atoms with Gasteiger partial charge in [-0.15, -0.1) is 12.4 Å². The zero-order valence-electron chi connectivity index (χ0n) is 14.7. The van der Waals surface area contributed by atoms with Crippen molar-refractivity contribution >= 4 is 47.6 Å². The molecule has 1 aliphatic rings. The lowest BCUT2D eigenvalue weighted by molar-refractivity contribution is -0.124. The van der Waals surface area contributed by atoms with Gasteiger partial charge in [0.2, 0.25) is 0 Å². The molecule has 148 valence electrons. The van der Waals surface area contributed by atoms with Gasteiger partial charge in [-0.1, -0.05) is 11.6 Å². The maximum atomic E-state index is 13.1. The van der Waals surface area contributed by atoms with Gasteiger partial charge >= 0.3 is 0 Å². The zero-order valence-corrected chi connectivity index (χ0v) is 16.3. The van der Waals surface area contributed by atoms with E-state index in [1.165, 1.54) is 23.9 Å². The minimum Gasteiger partial charge on any atom is -0.355 e. The van der Waals surface area contributed by atoms with Crippen LogP contribution >= 0.6 is 24.0 Å². The van der Waals surface area contributed by atoms with Crippen LogP contribution in [0.4, 0.5) is 5.82 Å². The molecule has 1 aliphatic heterocycles. The van der Waals surface area contributed by atoms with Crippen LogP contribution in [0.5, 0.6) is 0 Å². The van der Waals surface area contributed by atoms with Gasteiger partial charge in [0, 0.05) is 23.2 Å². The summed E-state index contributed by atoms with van der Waals surface area (Å²) in [4.78, 5) is 32.5. The molecule has 2 heterocycles. The van der Waals surface area contributed by atoms with Gasteiger partial charge in [0.05, 0.1) is 18.1 Å². The molecule has 2 aromatic rings. The minimum absolute atomic E-state index is 0. The van der Waals surface area contributed by atoms with Crippen molar-refractivity contribution < 1.29 is 14.8 Å². The number of nitrogens with zero attached hydrogens (tertiary/aromatic N) is 2. The Balaban J connectivity index is 0.00000280. The summed E-state index contributed by atoms with van der Waals surface area (Å²) in [5, 5.41) is 15.5. The molecule has 3 rings (SSSR count). The maximum absolute atomic E-state index is 13.1. The van der Waals surface area contributed by atoms with Crippen LogP contribution in [0.15, 0.2) is 42.7 Å². The van der Waals surface area contributed by atoms with Crippen LogP contribution in [0.25, 0.3) is 6.08 Å². The molecule has 1 amide bonds. The summed E-state index contributed by atoms with van der Waals surface area (Å²) in [6.07, 6.45) is 6.10. The van der Waals surface area contributed by atoms with Gasteiger partial charge in [0.1, 0.15) is 11.4 Å². The molecule has 4 N–H and O–H groups in total. The number of amides is 1. The van der Waals surface area contributed by atoms with Gasteiger partial charge in [-0.2, -0.15) is 0 Å². The van der Waals surface area contributed by atoms with Crippen molar-refractivity contribution in [3.05, 3.63) is 59.0 Å². The Morgan fingerprint density at radius 3 is 2.54 bits per heavy atom. The van der Waals surface area contributed by atoms with Crippen molar-refractivity contribution in [2.24, 2.45) is 0 Å². The largest absolute Gasteiger partial charge is 0.355 e. The SMILES string of the molecule is Cl.O=C(/C=C/c1cnc(N[C@]2(C(=O)c3ccc(Cl)cc3)CCNC2)cn1)NO. The number of hydrogen-bond donors (Lipinski definition) is 4. The van der Waals surface area contributed by atoms with Crippen LogP contribution in [-0.2, 0) is 4.79 Å². The van der Waals surface area contributed by atoms with E-state index in [1.807, 2.05) is 0 Å². The molecule has 1 aromatic heterocycles. The molecule has 0 spiro atoms. The molecule has 0 radical (unpaired) electrons. The number of aromatic nitrogens is 2. The van der Waals surface area contributed by atoms with Crippen LogP contribution < -0.4 is 16.1 Å². The smallest absolute Gasteiger partial charge is 0.267 e. The number of Topliss-reactive ketones (excluding diaryl/α,β-unsaturated/α-hetero) is 1. The third kappa shape index (κ3) is 5.05. The van der Waals surface area contributed by atoms with E-state index in [2.05, 4.69) is 20.6 Å². The quantitative estimate of drug-likeness (QED) is 0.243. The summed E-state index contributed by atoms with van der Waals surface area (Å²) in [7, 11) is 0. The van der Waals surface area contributed by atoms with Crippen molar-refractivity contribution in [3.8, 4) is 0 Å². The molecular formula is C18H19Cl2N5O3. The first-order valence-corrected chi connectivity index (χ1v) is 8.64. The molecule has 1 fully saturated rings.